The Hall–Kier alpha value is -4.38. The van der Waals surface area contributed by atoms with Crippen molar-refractivity contribution in [3.63, 3.8) is 0 Å². The van der Waals surface area contributed by atoms with Crippen LogP contribution in [0.3, 0.4) is 0 Å². The lowest BCUT2D eigenvalue weighted by Gasteiger charge is -2.48. The SMILES string of the molecule is CC(=O)[C@H](N[C@H](C=O)[C@@H](C)O)N1CCN(C(=O)[C@H](N[C@H](C=O)CC(C)C)N2CCN(C(=O)[C@@H](CN)N[C@H](C=O)CC(C)C)[C@@H](N[C@H](C=O)CC(C)C)C2=O)[C@@H](N[C@H](C=O)CC(C)C)C1=O. The number of hydrogen-bond donors (Lipinski definition) is 7. The number of aliphatic hydroxyl groups excluding tert-OH is 1. The molecule has 0 radical (unpaired) electrons. The maximum Gasteiger partial charge on any atom is 0.262 e. The number of nitrogens with one attached hydrogen (secondary N) is 5. The third-order valence-electron chi connectivity index (χ3n) is 11.3. The summed E-state index contributed by atoms with van der Waals surface area (Å²) in [5, 5.41) is 24.9. The first-order valence-electron chi connectivity index (χ1n) is 22.8. The van der Waals surface area contributed by atoms with Gasteiger partial charge in [-0.25, -0.2) is 0 Å². The van der Waals surface area contributed by atoms with Crippen LogP contribution in [0.5, 0.6) is 0 Å². The molecular weight excluding hydrogens is 845 g/mol. The highest BCUT2D eigenvalue weighted by Crippen LogP contribution is 2.22. The molecule has 2 saturated heterocycles. The van der Waals surface area contributed by atoms with E-state index >= 15 is 9.59 Å². The molecule has 2 rings (SSSR count). The van der Waals surface area contributed by atoms with Crippen molar-refractivity contribution in [2.45, 2.75) is 162 Å². The van der Waals surface area contributed by atoms with Gasteiger partial charge in [-0.2, -0.15) is 0 Å². The van der Waals surface area contributed by atoms with Crippen molar-refractivity contribution in [1.29, 1.82) is 0 Å². The molecule has 0 aromatic carbocycles. The number of aliphatic hydroxyl groups is 1. The first-order chi connectivity index (χ1) is 30.6. The van der Waals surface area contributed by atoms with Crippen molar-refractivity contribution in [3.05, 3.63) is 0 Å². The number of nitrogens with two attached hydrogens (primary N) is 1. The fourth-order valence-corrected chi connectivity index (χ4v) is 8.14. The Labute approximate surface area is 383 Å². The van der Waals surface area contributed by atoms with Gasteiger partial charge >= 0.3 is 0 Å². The molecule has 0 saturated carbocycles. The predicted octanol–water partition coefficient (Wildman–Crippen LogP) is -2.10. The molecule has 2 heterocycles. The number of rotatable bonds is 30. The van der Waals surface area contributed by atoms with Crippen molar-refractivity contribution >= 4 is 60.8 Å². The van der Waals surface area contributed by atoms with Crippen molar-refractivity contribution in [3.8, 4) is 0 Å². The first kappa shape index (κ1) is 56.7. The van der Waals surface area contributed by atoms with Gasteiger partial charge in [0.15, 0.2) is 24.3 Å². The van der Waals surface area contributed by atoms with Crippen LogP contribution in [-0.4, -0.2) is 185 Å². The number of piperazine rings is 2. The highest BCUT2D eigenvalue weighted by Gasteiger charge is 2.49. The zero-order valence-electron chi connectivity index (χ0n) is 39.8. The molecule has 21 nitrogen and oxygen atoms in total. The summed E-state index contributed by atoms with van der Waals surface area (Å²) >= 11 is 0. The molecule has 0 aliphatic carbocycles. The van der Waals surface area contributed by atoms with Crippen LogP contribution in [0, 0.1) is 23.7 Å². The van der Waals surface area contributed by atoms with Crippen molar-refractivity contribution < 1.29 is 53.1 Å². The first-order valence-corrected chi connectivity index (χ1v) is 22.8. The van der Waals surface area contributed by atoms with Crippen LogP contribution in [-0.2, 0) is 47.9 Å². The Bertz CT molecular complexity index is 1630. The Morgan fingerprint density at radius 2 is 0.969 bits per heavy atom. The summed E-state index contributed by atoms with van der Waals surface area (Å²) in [4.78, 5) is 138. The van der Waals surface area contributed by atoms with Crippen molar-refractivity contribution in [2.75, 3.05) is 32.7 Å². The quantitative estimate of drug-likeness (QED) is 0.0380. The maximum absolute atomic E-state index is 15.3. The molecule has 0 spiro atoms. The van der Waals surface area contributed by atoms with E-state index in [2.05, 4.69) is 26.6 Å². The van der Waals surface area contributed by atoms with Gasteiger partial charge in [0, 0.05) is 32.7 Å². The Balaban J connectivity index is 2.80. The molecule has 8 N–H and O–H groups in total. The Kier molecular flexibility index (Phi) is 23.8. The van der Waals surface area contributed by atoms with E-state index in [9.17, 15) is 43.5 Å². The van der Waals surface area contributed by atoms with E-state index in [0.29, 0.717) is 37.9 Å². The molecule has 2 aliphatic rings. The number of ketones is 1. The highest BCUT2D eigenvalue weighted by molar-refractivity contribution is 5.97. The van der Waals surface area contributed by atoms with Gasteiger partial charge in [-0.3, -0.25) is 50.6 Å². The molecule has 0 aromatic rings. The minimum absolute atomic E-state index is 0.0273. The molecule has 2 aliphatic heterocycles. The van der Waals surface area contributed by atoms with Crippen molar-refractivity contribution in [1.82, 2.24) is 46.2 Å². The van der Waals surface area contributed by atoms with E-state index in [1.54, 1.807) is 0 Å². The maximum atomic E-state index is 15.3. The largest absolute Gasteiger partial charge is 0.391 e. The summed E-state index contributed by atoms with van der Waals surface area (Å²) in [5.41, 5.74) is 6.08. The van der Waals surface area contributed by atoms with Gasteiger partial charge in [-0.05, 0) is 63.2 Å². The van der Waals surface area contributed by atoms with Crippen LogP contribution in [0.15, 0.2) is 0 Å². The lowest BCUT2D eigenvalue weighted by atomic mass is 10.0. The van der Waals surface area contributed by atoms with Crippen molar-refractivity contribution in [2.24, 2.45) is 29.4 Å². The summed E-state index contributed by atoms with van der Waals surface area (Å²) in [7, 11) is 0. The van der Waals surface area contributed by atoms with E-state index in [4.69, 9.17) is 5.73 Å². The molecule has 368 valence electrons. The van der Waals surface area contributed by atoms with Gasteiger partial charge in [-0.15, -0.1) is 0 Å². The predicted molar refractivity (Wildman–Crippen MR) is 240 cm³/mol. The minimum atomic E-state index is -1.66. The van der Waals surface area contributed by atoms with Gasteiger partial charge < -0.3 is 54.4 Å². The van der Waals surface area contributed by atoms with E-state index in [1.807, 2.05) is 55.4 Å². The second kappa shape index (κ2) is 27.3. The summed E-state index contributed by atoms with van der Waals surface area (Å²) in [5.74, 6) is -3.82. The molecular formula is C44H76N10O11. The van der Waals surface area contributed by atoms with Gasteiger partial charge in [-0.1, -0.05) is 55.4 Å². The van der Waals surface area contributed by atoms with Crippen LogP contribution >= 0.6 is 0 Å². The second-order valence-corrected chi connectivity index (χ2v) is 18.9. The average molecular weight is 921 g/mol. The third kappa shape index (κ3) is 16.5. The Morgan fingerprint density at radius 3 is 1.32 bits per heavy atom. The molecule has 0 unspecified atom stereocenters. The normalized spacial score (nSPS) is 21.4. The van der Waals surface area contributed by atoms with Gasteiger partial charge in [0.1, 0.15) is 37.6 Å². The van der Waals surface area contributed by atoms with Gasteiger partial charge in [0.2, 0.25) is 5.91 Å². The monoisotopic (exact) mass is 921 g/mol. The summed E-state index contributed by atoms with van der Waals surface area (Å²) < 4.78 is 0. The molecule has 11 atom stereocenters. The summed E-state index contributed by atoms with van der Waals surface area (Å²) in [6, 6.07) is -6.02. The van der Waals surface area contributed by atoms with E-state index in [-0.39, 0.29) is 75.7 Å². The standard InChI is InChI=1S/C44H76N10O11/c1-25(2)15-31(20-55)46-35(19-45)41(62)52-12-14-54(43(64)38(52)47-32(21-56)16-26(3)4)40(49-34(23-58)18-28(7)8)44(65)53-13-11-51(37(30(10)61)50-36(24-59)29(9)60)42(63)39(53)48-33(22-57)17-27(5)6/h20-29,31-40,46-50,60H,11-19,45H2,1-10H3/t29-,31+,32+,33+,34+,35-,36-,37-,38-,39-,40-/m1/s1. The van der Waals surface area contributed by atoms with Crippen LogP contribution < -0.4 is 32.3 Å². The number of nitrogens with zero attached hydrogens (tertiary/aromatic N) is 4. The number of aldehydes is 5. The molecule has 4 amide bonds. The lowest BCUT2D eigenvalue weighted by molar-refractivity contribution is -0.168. The summed E-state index contributed by atoms with van der Waals surface area (Å²) in [6.45, 7) is 16.2. The number of carbonyl (C=O) groups is 10. The minimum Gasteiger partial charge on any atom is -0.391 e. The fourth-order valence-electron chi connectivity index (χ4n) is 8.14. The molecule has 0 bridgehead atoms. The topological polar surface area (TPSA) is 290 Å². The zero-order valence-corrected chi connectivity index (χ0v) is 39.8. The van der Waals surface area contributed by atoms with Crippen LogP contribution in [0.25, 0.3) is 0 Å². The van der Waals surface area contributed by atoms with Crippen LogP contribution in [0.4, 0.5) is 0 Å². The zero-order chi connectivity index (χ0) is 49.3. The number of carbonyl (C=O) groups excluding carboxylic acids is 10. The van der Waals surface area contributed by atoms with Gasteiger partial charge in [0.05, 0.1) is 42.4 Å². The van der Waals surface area contributed by atoms with Crippen LogP contribution in [0.1, 0.15) is 94.9 Å². The number of amides is 4. The molecule has 0 aromatic heterocycles. The van der Waals surface area contributed by atoms with E-state index in [1.165, 1.54) is 18.7 Å². The van der Waals surface area contributed by atoms with Crippen LogP contribution in [0.2, 0.25) is 0 Å². The Morgan fingerprint density at radius 1 is 0.585 bits per heavy atom. The molecule has 65 heavy (non-hydrogen) atoms. The third-order valence-corrected chi connectivity index (χ3v) is 11.3. The second-order valence-electron chi connectivity index (χ2n) is 18.9. The summed E-state index contributed by atoms with van der Waals surface area (Å²) in [6.07, 6.45) is -3.47. The number of Topliss-reactive ketones (excluding diaryl/α,β-unsaturated/α-hetero) is 1. The fraction of sp³-hybridized carbons (Fsp3) is 0.773. The average Bonchev–Trinajstić information content (AvgIpc) is 3.23. The molecule has 2 fully saturated rings. The lowest BCUT2D eigenvalue weighted by Crippen LogP contribution is -2.75. The molecule has 21 heteroatoms. The highest BCUT2D eigenvalue weighted by atomic mass is 16.3. The van der Waals surface area contributed by atoms with Gasteiger partial charge in [0.25, 0.3) is 17.7 Å². The van der Waals surface area contributed by atoms with E-state index in [0.717, 1.165) is 14.7 Å². The number of hydrogen-bond acceptors (Lipinski definition) is 17. The smallest absolute Gasteiger partial charge is 0.262 e. The van der Waals surface area contributed by atoms with E-state index < -0.39 is 96.4 Å².